The molecule has 4 nitrogen and oxygen atoms in total. The molecule has 2 aliphatic heterocycles. The molecule has 3 rings (SSSR count). The molecule has 6 atom stereocenters. The van der Waals surface area contributed by atoms with Crippen molar-refractivity contribution in [1.29, 1.82) is 0 Å². The number of halogens is 3. The molecule has 0 bridgehead atoms. The van der Waals surface area contributed by atoms with Gasteiger partial charge in [-0.25, -0.2) is 0 Å². The summed E-state index contributed by atoms with van der Waals surface area (Å²) in [6, 6.07) is 0. The lowest BCUT2D eigenvalue weighted by molar-refractivity contribution is -0.111. The van der Waals surface area contributed by atoms with Crippen molar-refractivity contribution in [2.24, 2.45) is 5.92 Å². The van der Waals surface area contributed by atoms with Crippen LogP contribution in [0.3, 0.4) is 0 Å². The molecule has 0 N–H and O–H groups in total. The second kappa shape index (κ2) is 7.58. The second-order valence-electron chi connectivity index (χ2n) is 10.9. The van der Waals surface area contributed by atoms with Gasteiger partial charge < -0.3 is 18.6 Å². The van der Waals surface area contributed by atoms with Gasteiger partial charge in [-0.05, 0) is 51.2 Å². The molecule has 2 heterocycles. The Hall–Kier alpha value is -0.413. The van der Waals surface area contributed by atoms with E-state index in [9.17, 15) is 13.2 Å². The van der Waals surface area contributed by atoms with Crippen LogP contribution in [0.5, 0.6) is 0 Å². The molecule has 1 aliphatic carbocycles. The number of epoxide rings is 2. The number of hydrogen-bond donors (Lipinski definition) is 0. The molecule has 0 aromatic heterocycles. The fourth-order valence-electron chi connectivity index (χ4n) is 4.68. The Balaban J connectivity index is 1.79. The highest BCUT2D eigenvalue weighted by atomic mass is 28.4. The smallest absolute Gasteiger partial charge is 0.411 e. The van der Waals surface area contributed by atoms with Crippen LogP contribution in [0.2, 0.25) is 18.1 Å². The van der Waals surface area contributed by atoms with Gasteiger partial charge >= 0.3 is 6.18 Å². The maximum absolute atomic E-state index is 12.9. The van der Waals surface area contributed by atoms with E-state index in [1.54, 1.807) is 7.11 Å². The minimum absolute atomic E-state index is 0.0650. The molecule has 30 heavy (non-hydrogen) atoms. The normalized spacial score (nSPS) is 40.0. The van der Waals surface area contributed by atoms with E-state index < -0.39 is 25.7 Å². The summed E-state index contributed by atoms with van der Waals surface area (Å²) in [7, 11) is -0.319. The first kappa shape index (κ1) is 24.2. The molecule has 1 saturated carbocycles. The molecule has 0 aromatic rings. The third-order valence-corrected chi connectivity index (χ3v) is 12.3. The zero-order chi connectivity index (χ0) is 22.8. The van der Waals surface area contributed by atoms with E-state index >= 15 is 0 Å². The summed E-state index contributed by atoms with van der Waals surface area (Å²) in [5, 5.41) is 0.0778. The quantitative estimate of drug-likeness (QED) is 0.299. The van der Waals surface area contributed by atoms with Crippen LogP contribution in [0.15, 0.2) is 11.6 Å². The van der Waals surface area contributed by atoms with Crippen LogP contribution >= 0.6 is 0 Å². The van der Waals surface area contributed by atoms with E-state index in [0.717, 1.165) is 19.8 Å². The zero-order valence-electron chi connectivity index (χ0n) is 19.5. The van der Waals surface area contributed by atoms with Gasteiger partial charge in [-0.2, -0.15) is 13.2 Å². The van der Waals surface area contributed by atoms with Crippen molar-refractivity contribution in [2.75, 3.05) is 13.7 Å². The Morgan fingerprint density at radius 2 is 1.83 bits per heavy atom. The Bertz CT molecular complexity index is 681. The van der Waals surface area contributed by atoms with E-state index in [0.29, 0.717) is 6.61 Å². The van der Waals surface area contributed by atoms with E-state index in [-0.39, 0.29) is 41.3 Å². The fraction of sp³-hybridized carbons (Fsp3) is 0.909. The molecule has 3 aliphatic rings. The maximum atomic E-state index is 12.9. The van der Waals surface area contributed by atoms with E-state index in [1.807, 2.05) is 6.92 Å². The average Bonchev–Trinajstić information content (AvgIpc) is 3.50. The molecular formula is C22H37F3O4Si. The summed E-state index contributed by atoms with van der Waals surface area (Å²) < 4.78 is 63.3. The molecule has 174 valence electrons. The summed E-state index contributed by atoms with van der Waals surface area (Å²) in [6.07, 6.45) is -1.65. The summed E-state index contributed by atoms with van der Waals surface area (Å²) in [5.74, 6) is -0.0666. The SMILES string of the molecule is CO[C@H]1[C@H](C2(C)O[C@@H]2C/C=C(/C)C(F)(F)F)[C@]2(CC[C@H]1O[Si](C)(C)C(C)(C)C)CO2. The van der Waals surface area contributed by atoms with Crippen molar-refractivity contribution in [3.63, 3.8) is 0 Å². The van der Waals surface area contributed by atoms with Gasteiger partial charge in [0, 0.05) is 12.7 Å². The van der Waals surface area contributed by atoms with Gasteiger partial charge in [0.1, 0.15) is 5.60 Å². The Morgan fingerprint density at radius 3 is 2.30 bits per heavy atom. The highest BCUT2D eigenvalue weighted by molar-refractivity contribution is 6.74. The summed E-state index contributed by atoms with van der Waals surface area (Å²) in [5.41, 5.74) is -1.46. The predicted octanol–water partition coefficient (Wildman–Crippen LogP) is 5.63. The Labute approximate surface area is 179 Å². The lowest BCUT2D eigenvalue weighted by atomic mass is 9.68. The molecule has 8 heteroatoms. The molecule has 2 saturated heterocycles. The van der Waals surface area contributed by atoms with E-state index in [2.05, 4.69) is 33.9 Å². The third kappa shape index (κ3) is 4.40. The highest BCUT2D eigenvalue weighted by Gasteiger charge is 2.72. The molecule has 0 amide bonds. The molecular weight excluding hydrogens is 413 g/mol. The van der Waals surface area contributed by atoms with Crippen LogP contribution < -0.4 is 0 Å². The van der Waals surface area contributed by atoms with Crippen molar-refractivity contribution in [1.82, 2.24) is 0 Å². The lowest BCUT2D eigenvalue weighted by Crippen LogP contribution is -2.58. The Kier molecular flexibility index (Phi) is 6.12. The molecule has 1 unspecified atom stereocenters. The van der Waals surface area contributed by atoms with Crippen LogP contribution in [0.4, 0.5) is 13.2 Å². The first-order valence-electron chi connectivity index (χ1n) is 10.8. The van der Waals surface area contributed by atoms with Crippen LogP contribution in [0, 0.1) is 5.92 Å². The van der Waals surface area contributed by atoms with Gasteiger partial charge in [0.15, 0.2) is 8.32 Å². The van der Waals surface area contributed by atoms with Crippen molar-refractivity contribution in [2.45, 2.75) is 108 Å². The van der Waals surface area contributed by atoms with Gasteiger partial charge in [-0.1, -0.05) is 26.8 Å². The van der Waals surface area contributed by atoms with Crippen molar-refractivity contribution in [3.05, 3.63) is 11.6 Å². The van der Waals surface area contributed by atoms with Crippen LogP contribution in [-0.2, 0) is 18.6 Å². The van der Waals surface area contributed by atoms with E-state index in [1.165, 1.54) is 6.08 Å². The van der Waals surface area contributed by atoms with Crippen LogP contribution in [-0.4, -0.2) is 57.7 Å². The van der Waals surface area contributed by atoms with Gasteiger partial charge in [-0.15, -0.1) is 0 Å². The third-order valence-electron chi connectivity index (χ3n) is 7.83. The minimum atomic E-state index is -4.30. The van der Waals surface area contributed by atoms with Crippen LogP contribution in [0.25, 0.3) is 0 Å². The van der Waals surface area contributed by atoms with Gasteiger partial charge in [0.2, 0.25) is 0 Å². The summed E-state index contributed by atoms with van der Waals surface area (Å²) in [4.78, 5) is 0. The maximum Gasteiger partial charge on any atom is 0.412 e. The first-order chi connectivity index (χ1) is 13.6. The number of methoxy groups -OCH3 is 1. The number of ether oxygens (including phenoxy) is 3. The van der Waals surface area contributed by atoms with Crippen LogP contribution in [0.1, 0.15) is 53.9 Å². The van der Waals surface area contributed by atoms with Crippen molar-refractivity contribution < 1.29 is 31.8 Å². The minimum Gasteiger partial charge on any atom is -0.411 e. The van der Waals surface area contributed by atoms with Gasteiger partial charge in [0.25, 0.3) is 0 Å². The fourth-order valence-corrected chi connectivity index (χ4v) is 6.04. The first-order valence-corrected chi connectivity index (χ1v) is 13.7. The number of rotatable bonds is 6. The monoisotopic (exact) mass is 450 g/mol. The Morgan fingerprint density at radius 1 is 1.23 bits per heavy atom. The number of hydrogen-bond acceptors (Lipinski definition) is 4. The van der Waals surface area contributed by atoms with Crippen molar-refractivity contribution in [3.8, 4) is 0 Å². The summed E-state index contributed by atoms with van der Waals surface area (Å²) in [6.45, 7) is 14.8. The summed E-state index contributed by atoms with van der Waals surface area (Å²) >= 11 is 0. The average molecular weight is 451 g/mol. The molecule has 0 aromatic carbocycles. The van der Waals surface area contributed by atoms with Crippen molar-refractivity contribution >= 4 is 8.32 Å². The molecule has 1 spiro atoms. The lowest BCUT2D eigenvalue weighted by Gasteiger charge is -2.47. The number of allylic oxidation sites excluding steroid dienone is 1. The zero-order valence-corrected chi connectivity index (χ0v) is 20.5. The van der Waals surface area contributed by atoms with E-state index in [4.69, 9.17) is 18.6 Å². The molecule has 0 radical (unpaired) electrons. The highest BCUT2D eigenvalue weighted by Crippen LogP contribution is 2.60. The number of alkyl halides is 3. The van der Waals surface area contributed by atoms with Gasteiger partial charge in [0.05, 0.1) is 36.4 Å². The predicted molar refractivity (Wildman–Crippen MR) is 112 cm³/mol. The standard InChI is InChI=1S/C22H37F3O4Si/c1-14(22(23,24)25)9-10-16-20(5,28-16)18-17(26-6)15(11-12-21(18)13-27-21)29-30(7,8)19(2,3)4/h9,15-18H,10-13H2,1-8H3/b14-9-/t15-,16-,17-,18-,20?,21+/m1/s1. The molecule has 3 fully saturated rings. The largest absolute Gasteiger partial charge is 0.412 e. The topological polar surface area (TPSA) is 43.5 Å². The second-order valence-corrected chi connectivity index (χ2v) is 15.7. The van der Waals surface area contributed by atoms with Gasteiger partial charge in [-0.3, -0.25) is 0 Å².